The van der Waals surface area contributed by atoms with Crippen LogP contribution < -0.4 is 14.8 Å². The molecular formula is C26H35N3O3. The molecule has 2 aromatic carbocycles. The van der Waals surface area contributed by atoms with Gasteiger partial charge in [0.1, 0.15) is 11.5 Å². The van der Waals surface area contributed by atoms with Gasteiger partial charge >= 0.3 is 0 Å². The monoisotopic (exact) mass is 437 g/mol. The number of amides is 1. The normalized spacial score (nSPS) is 20.2. The van der Waals surface area contributed by atoms with Gasteiger partial charge in [0.2, 0.25) is 5.91 Å². The van der Waals surface area contributed by atoms with E-state index in [9.17, 15) is 4.79 Å². The third-order valence-corrected chi connectivity index (χ3v) is 6.71. The maximum absolute atomic E-state index is 12.9. The zero-order chi connectivity index (χ0) is 22.3. The van der Waals surface area contributed by atoms with Crippen LogP contribution in [0.5, 0.6) is 11.5 Å². The van der Waals surface area contributed by atoms with E-state index in [1.165, 1.54) is 5.56 Å². The molecule has 0 saturated carbocycles. The average molecular weight is 438 g/mol. The van der Waals surface area contributed by atoms with Crippen LogP contribution in [0.3, 0.4) is 0 Å². The highest BCUT2D eigenvalue weighted by molar-refractivity contribution is 5.78. The molecule has 2 aliphatic heterocycles. The molecular weight excluding hydrogens is 402 g/mol. The maximum atomic E-state index is 12.9. The molecule has 32 heavy (non-hydrogen) atoms. The number of piperidine rings is 1. The second-order valence-electron chi connectivity index (χ2n) is 8.84. The highest BCUT2D eigenvalue weighted by Crippen LogP contribution is 2.38. The molecule has 6 heteroatoms. The van der Waals surface area contributed by atoms with Gasteiger partial charge in [0.25, 0.3) is 0 Å². The molecule has 0 radical (unpaired) electrons. The van der Waals surface area contributed by atoms with Crippen molar-refractivity contribution in [3.05, 3.63) is 59.7 Å². The predicted octanol–water partition coefficient (Wildman–Crippen LogP) is 3.62. The fraction of sp³-hybridized carbons (Fsp3) is 0.500. The first-order chi connectivity index (χ1) is 15.7. The van der Waals surface area contributed by atoms with Gasteiger partial charge in [-0.15, -0.1) is 0 Å². The molecule has 6 nitrogen and oxygen atoms in total. The second-order valence-corrected chi connectivity index (χ2v) is 8.84. The SMILES string of the molecule is COc1ccc([C@H]2CCCN2CC(=O)NC2CCN(Cc3ccccc3)CC2)c(OC)c1. The summed E-state index contributed by atoms with van der Waals surface area (Å²) in [5.41, 5.74) is 2.48. The number of benzene rings is 2. The summed E-state index contributed by atoms with van der Waals surface area (Å²) >= 11 is 0. The Balaban J connectivity index is 1.28. The smallest absolute Gasteiger partial charge is 0.234 e. The topological polar surface area (TPSA) is 54.0 Å². The Hall–Kier alpha value is -2.57. The quantitative estimate of drug-likeness (QED) is 0.684. The fourth-order valence-electron chi connectivity index (χ4n) is 5.00. The number of carbonyl (C=O) groups is 1. The van der Waals surface area contributed by atoms with E-state index in [1.807, 2.05) is 12.1 Å². The first kappa shape index (κ1) is 22.6. The Kier molecular flexibility index (Phi) is 7.66. The minimum Gasteiger partial charge on any atom is -0.497 e. The van der Waals surface area contributed by atoms with Gasteiger partial charge in [-0.2, -0.15) is 0 Å². The molecule has 0 bridgehead atoms. The zero-order valence-corrected chi connectivity index (χ0v) is 19.3. The van der Waals surface area contributed by atoms with Gasteiger partial charge in [0.15, 0.2) is 0 Å². The summed E-state index contributed by atoms with van der Waals surface area (Å²) in [4.78, 5) is 17.6. The first-order valence-electron chi connectivity index (χ1n) is 11.7. The first-order valence-corrected chi connectivity index (χ1v) is 11.7. The van der Waals surface area contributed by atoms with Crippen LogP contribution in [0.15, 0.2) is 48.5 Å². The lowest BCUT2D eigenvalue weighted by molar-refractivity contribution is -0.123. The molecule has 2 saturated heterocycles. The van der Waals surface area contributed by atoms with E-state index in [1.54, 1.807) is 14.2 Å². The second kappa shape index (κ2) is 10.8. The highest BCUT2D eigenvalue weighted by atomic mass is 16.5. The van der Waals surface area contributed by atoms with E-state index >= 15 is 0 Å². The average Bonchev–Trinajstić information content (AvgIpc) is 3.28. The molecule has 2 fully saturated rings. The maximum Gasteiger partial charge on any atom is 0.234 e. The minimum atomic E-state index is 0.130. The van der Waals surface area contributed by atoms with E-state index in [2.05, 4.69) is 51.5 Å². The number of hydrogen-bond acceptors (Lipinski definition) is 5. The van der Waals surface area contributed by atoms with Crippen molar-refractivity contribution < 1.29 is 14.3 Å². The summed E-state index contributed by atoms with van der Waals surface area (Å²) in [6.07, 6.45) is 4.14. The standard InChI is InChI=1S/C26H35N3O3/c1-31-22-10-11-23(25(17-22)32-2)24-9-6-14-29(24)19-26(30)27-21-12-15-28(16-13-21)18-20-7-4-3-5-8-20/h3-5,7-8,10-11,17,21,24H,6,9,12-16,18-19H2,1-2H3,(H,27,30)/t24-/m1/s1. The van der Waals surface area contributed by atoms with Crippen molar-refractivity contribution in [1.82, 2.24) is 15.1 Å². The van der Waals surface area contributed by atoms with Crippen molar-refractivity contribution in [2.75, 3.05) is 40.4 Å². The van der Waals surface area contributed by atoms with E-state index in [0.717, 1.165) is 68.9 Å². The van der Waals surface area contributed by atoms with Crippen LogP contribution >= 0.6 is 0 Å². The Labute approximate surface area is 191 Å². The van der Waals surface area contributed by atoms with Crippen LogP contribution in [-0.4, -0.2) is 62.1 Å². The molecule has 0 unspecified atom stereocenters. The molecule has 1 atom stereocenters. The zero-order valence-electron chi connectivity index (χ0n) is 19.3. The lowest BCUT2D eigenvalue weighted by Gasteiger charge is -2.33. The van der Waals surface area contributed by atoms with Crippen LogP contribution in [0.2, 0.25) is 0 Å². The third-order valence-electron chi connectivity index (χ3n) is 6.71. The van der Waals surface area contributed by atoms with E-state index in [0.29, 0.717) is 6.54 Å². The molecule has 2 aromatic rings. The summed E-state index contributed by atoms with van der Waals surface area (Å²) < 4.78 is 10.9. The molecule has 0 aromatic heterocycles. The van der Waals surface area contributed by atoms with Crippen molar-refractivity contribution in [1.29, 1.82) is 0 Å². The lowest BCUT2D eigenvalue weighted by Crippen LogP contribution is -2.47. The van der Waals surface area contributed by atoms with Crippen LogP contribution in [0.1, 0.15) is 42.9 Å². The number of rotatable bonds is 8. The number of likely N-dealkylation sites (tertiary alicyclic amines) is 2. The van der Waals surface area contributed by atoms with Gasteiger partial charge in [-0.3, -0.25) is 14.6 Å². The predicted molar refractivity (Wildman–Crippen MR) is 126 cm³/mol. The van der Waals surface area contributed by atoms with Crippen molar-refractivity contribution in [2.24, 2.45) is 0 Å². The Morgan fingerprint density at radius 2 is 1.78 bits per heavy atom. The van der Waals surface area contributed by atoms with E-state index < -0.39 is 0 Å². The molecule has 0 aliphatic carbocycles. The van der Waals surface area contributed by atoms with Gasteiger partial charge in [0, 0.05) is 43.3 Å². The van der Waals surface area contributed by atoms with Crippen LogP contribution in [0, 0.1) is 0 Å². The van der Waals surface area contributed by atoms with Gasteiger partial charge < -0.3 is 14.8 Å². The van der Waals surface area contributed by atoms with Crippen molar-refractivity contribution in [2.45, 2.75) is 44.3 Å². The Bertz CT molecular complexity index is 881. The van der Waals surface area contributed by atoms with Gasteiger partial charge in [-0.25, -0.2) is 0 Å². The van der Waals surface area contributed by atoms with Gasteiger partial charge in [-0.05, 0) is 43.9 Å². The summed E-state index contributed by atoms with van der Waals surface area (Å²) in [5.74, 6) is 1.74. The van der Waals surface area contributed by atoms with Gasteiger partial charge in [0.05, 0.1) is 20.8 Å². The van der Waals surface area contributed by atoms with Crippen LogP contribution in [-0.2, 0) is 11.3 Å². The third kappa shape index (κ3) is 5.61. The fourth-order valence-corrected chi connectivity index (χ4v) is 5.00. The van der Waals surface area contributed by atoms with Gasteiger partial charge in [-0.1, -0.05) is 36.4 Å². The number of carbonyl (C=O) groups excluding carboxylic acids is 1. The van der Waals surface area contributed by atoms with Crippen molar-refractivity contribution in [3.63, 3.8) is 0 Å². The van der Waals surface area contributed by atoms with Crippen LogP contribution in [0.25, 0.3) is 0 Å². The summed E-state index contributed by atoms with van der Waals surface area (Å²) in [5, 5.41) is 3.29. The molecule has 2 aliphatic rings. The number of ether oxygens (including phenoxy) is 2. The highest BCUT2D eigenvalue weighted by Gasteiger charge is 2.30. The minimum absolute atomic E-state index is 0.130. The lowest BCUT2D eigenvalue weighted by atomic mass is 10.0. The molecule has 172 valence electrons. The summed E-state index contributed by atoms with van der Waals surface area (Å²) in [7, 11) is 3.35. The van der Waals surface area contributed by atoms with E-state index in [4.69, 9.17) is 9.47 Å². The summed E-state index contributed by atoms with van der Waals surface area (Å²) in [6.45, 7) is 4.40. The van der Waals surface area contributed by atoms with E-state index in [-0.39, 0.29) is 18.0 Å². The number of nitrogens with one attached hydrogen (secondary N) is 1. The Morgan fingerprint density at radius 3 is 2.50 bits per heavy atom. The largest absolute Gasteiger partial charge is 0.497 e. The number of methoxy groups -OCH3 is 2. The molecule has 2 heterocycles. The molecule has 1 amide bonds. The molecule has 1 N–H and O–H groups in total. The van der Waals surface area contributed by atoms with Crippen molar-refractivity contribution >= 4 is 5.91 Å². The van der Waals surface area contributed by atoms with Crippen LogP contribution in [0.4, 0.5) is 0 Å². The number of nitrogens with zero attached hydrogens (tertiary/aromatic N) is 2. The molecule has 0 spiro atoms. The van der Waals surface area contributed by atoms with Crippen molar-refractivity contribution in [3.8, 4) is 11.5 Å². The Morgan fingerprint density at radius 1 is 1.00 bits per heavy atom. The summed E-state index contributed by atoms with van der Waals surface area (Å²) in [6, 6.07) is 17.0. The number of hydrogen-bond donors (Lipinski definition) is 1. The molecule has 4 rings (SSSR count).